The Morgan fingerprint density at radius 3 is 0.821 bits per heavy atom. The molecule has 0 unspecified atom stereocenters. The third-order valence-corrected chi connectivity index (χ3v) is 4.57. The monoisotopic (exact) mass is 366 g/mol. The second-order valence-corrected chi connectivity index (χ2v) is 6.19. The molecule has 6 aromatic rings. The maximum Gasteiger partial charge on any atom is 0.135 e. The molecule has 0 N–H and O–H groups in total. The molecule has 0 fully saturated rings. The second-order valence-electron chi connectivity index (χ2n) is 6.19. The zero-order valence-corrected chi connectivity index (χ0v) is 16.1. The molecule has 0 aliphatic carbocycles. The van der Waals surface area contributed by atoms with Crippen LogP contribution in [-0.2, 0) is 0 Å². The Morgan fingerprint density at radius 2 is 0.571 bits per heavy atom. The van der Waals surface area contributed by atoms with Crippen LogP contribution in [0, 0.1) is 0 Å². The molecule has 0 aliphatic heterocycles. The fourth-order valence-corrected chi connectivity index (χ4v) is 3.35. The summed E-state index contributed by atoms with van der Waals surface area (Å²) in [4.78, 5) is 0. The third-order valence-electron chi connectivity index (χ3n) is 4.57. The zero-order chi connectivity index (χ0) is 19.3. The van der Waals surface area contributed by atoms with Gasteiger partial charge in [-0.25, -0.2) is 0 Å². The van der Waals surface area contributed by atoms with Gasteiger partial charge in [-0.2, -0.15) is 0 Å². The minimum atomic E-state index is 0.962. The van der Waals surface area contributed by atoms with E-state index in [0.717, 1.165) is 22.3 Å². The highest BCUT2D eigenvalue weighted by Gasteiger charge is 2.04. The van der Waals surface area contributed by atoms with E-state index in [2.05, 4.69) is 24.3 Å². The average Bonchev–Trinajstić information content (AvgIpc) is 3.34. The lowest BCUT2D eigenvalue weighted by Gasteiger charge is -1.85. The van der Waals surface area contributed by atoms with Crippen molar-refractivity contribution in [2.75, 3.05) is 0 Å². The van der Waals surface area contributed by atoms with Gasteiger partial charge in [-0.1, -0.05) is 86.6 Å². The van der Waals surface area contributed by atoms with Gasteiger partial charge in [0.2, 0.25) is 0 Å². The summed E-state index contributed by atoms with van der Waals surface area (Å²) >= 11 is 0. The lowest BCUT2D eigenvalue weighted by molar-refractivity contribution is 0.668. The number of para-hydroxylation sites is 4. The van der Waals surface area contributed by atoms with E-state index >= 15 is 0 Å². The molecule has 4 aromatic carbocycles. The predicted octanol–water partition coefficient (Wildman–Crippen LogP) is 8.20. The molecule has 0 atom stereocenters. The van der Waals surface area contributed by atoms with Crippen LogP contribution in [0.4, 0.5) is 0 Å². The highest BCUT2D eigenvalue weighted by atomic mass is 16.3. The smallest absolute Gasteiger partial charge is 0.135 e. The van der Waals surface area contributed by atoms with E-state index in [1.54, 1.807) is 0 Å². The van der Waals surface area contributed by atoms with E-state index in [9.17, 15) is 0 Å². The molecule has 138 valence electrons. The van der Waals surface area contributed by atoms with Gasteiger partial charge in [-0.05, 0) is 24.3 Å². The SMILES string of the molecule is CC.c1ccc2c(c1)oc1ccccc12.c1ccc2c(c1)oc1ccccc12. The zero-order valence-electron chi connectivity index (χ0n) is 16.1. The van der Waals surface area contributed by atoms with Crippen molar-refractivity contribution in [2.45, 2.75) is 13.8 Å². The van der Waals surface area contributed by atoms with Crippen LogP contribution in [-0.4, -0.2) is 0 Å². The van der Waals surface area contributed by atoms with E-state index in [4.69, 9.17) is 8.83 Å². The molecular formula is C26H22O2. The predicted molar refractivity (Wildman–Crippen MR) is 119 cm³/mol. The van der Waals surface area contributed by atoms with Gasteiger partial charge < -0.3 is 8.83 Å². The van der Waals surface area contributed by atoms with Gasteiger partial charge in [0.25, 0.3) is 0 Å². The molecule has 0 spiro atoms. The maximum absolute atomic E-state index is 5.65. The molecule has 2 heteroatoms. The molecule has 2 heterocycles. The van der Waals surface area contributed by atoms with Crippen LogP contribution in [0.25, 0.3) is 43.9 Å². The summed E-state index contributed by atoms with van der Waals surface area (Å²) in [5.41, 5.74) is 3.85. The topological polar surface area (TPSA) is 26.3 Å². The first-order valence-electron chi connectivity index (χ1n) is 9.63. The minimum absolute atomic E-state index is 0.962. The Balaban J connectivity index is 0.000000126. The van der Waals surface area contributed by atoms with Crippen LogP contribution in [0.2, 0.25) is 0 Å². The number of furan rings is 2. The van der Waals surface area contributed by atoms with Crippen LogP contribution in [0.5, 0.6) is 0 Å². The van der Waals surface area contributed by atoms with E-state index < -0.39 is 0 Å². The van der Waals surface area contributed by atoms with Crippen LogP contribution < -0.4 is 0 Å². The summed E-state index contributed by atoms with van der Waals surface area (Å²) in [6.45, 7) is 4.00. The molecule has 28 heavy (non-hydrogen) atoms. The molecule has 0 saturated carbocycles. The van der Waals surface area contributed by atoms with Crippen molar-refractivity contribution in [3.63, 3.8) is 0 Å². The molecular weight excluding hydrogens is 344 g/mol. The van der Waals surface area contributed by atoms with Crippen molar-refractivity contribution in [3.05, 3.63) is 97.1 Å². The highest BCUT2D eigenvalue weighted by molar-refractivity contribution is 6.05. The van der Waals surface area contributed by atoms with Crippen molar-refractivity contribution in [1.29, 1.82) is 0 Å². The lowest BCUT2D eigenvalue weighted by atomic mass is 10.2. The quantitative estimate of drug-likeness (QED) is 0.271. The van der Waals surface area contributed by atoms with Gasteiger partial charge in [0.1, 0.15) is 22.3 Å². The van der Waals surface area contributed by atoms with Crippen molar-refractivity contribution >= 4 is 43.9 Å². The lowest BCUT2D eigenvalue weighted by Crippen LogP contribution is -1.62. The van der Waals surface area contributed by atoms with E-state index in [1.165, 1.54) is 21.5 Å². The van der Waals surface area contributed by atoms with Gasteiger partial charge >= 0.3 is 0 Å². The number of hydrogen-bond acceptors (Lipinski definition) is 2. The molecule has 0 aliphatic rings. The summed E-state index contributed by atoms with van der Waals surface area (Å²) in [5.74, 6) is 0. The molecule has 0 radical (unpaired) electrons. The van der Waals surface area contributed by atoms with Crippen LogP contribution in [0.1, 0.15) is 13.8 Å². The standard InChI is InChI=1S/2C12H8O.C2H6/c2*1-3-7-11-9(5-1)10-6-2-4-8-12(10)13-11;1-2/h2*1-8H;1-2H3. The molecule has 2 aromatic heterocycles. The van der Waals surface area contributed by atoms with Gasteiger partial charge in [-0.15, -0.1) is 0 Å². The first-order chi connectivity index (χ1) is 13.9. The van der Waals surface area contributed by atoms with Gasteiger partial charge in [0, 0.05) is 21.5 Å². The van der Waals surface area contributed by atoms with Crippen LogP contribution in [0.15, 0.2) is 106 Å². The number of hydrogen-bond donors (Lipinski definition) is 0. The Morgan fingerprint density at radius 1 is 0.357 bits per heavy atom. The van der Waals surface area contributed by atoms with Gasteiger partial charge in [-0.3, -0.25) is 0 Å². The Kier molecular flexibility index (Phi) is 5.11. The summed E-state index contributed by atoms with van der Waals surface area (Å²) in [5, 5.41) is 4.77. The molecule has 6 rings (SSSR count). The number of benzene rings is 4. The largest absolute Gasteiger partial charge is 0.456 e. The summed E-state index contributed by atoms with van der Waals surface area (Å²) in [6, 6.07) is 32.4. The van der Waals surface area contributed by atoms with E-state index in [1.807, 2.05) is 86.6 Å². The normalized spacial score (nSPS) is 10.5. The van der Waals surface area contributed by atoms with E-state index in [-0.39, 0.29) is 0 Å². The first kappa shape index (κ1) is 17.9. The highest BCUT2D eigenvalue weighted by Crippen LogP contribution is 2.28. The third kappa shape index (κ3) is 3.25. The van der Waals surface area contributed by atoms with Crippen molar-refractivity contribution in [2.24, 2.45) is 0 Å². The Labute approximate surface area is 164 Å². The fraction of sp³-hybridized carbons (Fsp3) is 0.0769. The number of fused-ring (bicyclic) bond motifs is 6. The van der Waals surface area contributed by atoms with Crippen molar-refractivity contribution in [1.82, 2.24) is 0 Å². The molecule has 0 saturated heterocycles. The second kappa shape index (κ2) is 8.01. The number of rotatable bonds is 0. The van der Waals surface area contributed by atoms with Crippen LogP contribution >= 0.6 is 0 Å². The molecule has 0 amide bonds. The first-order valence-corrected chi connectivity index (χ1v) is 9.63. The Hall–Kier alpha value is -3.52. The fourth-order valence-electron chi connectivity index (χ4n) is 3.35. The van der Waals surface area contributed by atoms with Crippen molar-refractivity contribution in [3.8, 4) is 0 Å². The molecule has 0 bridgehead atoms. The Bertz CT molecular complexity index is 1130. The van der Waals surface area contributed by atoms with E-state index in [0.29, 0.717) is 0 Å². The van der Waals surface area contributed by atoms with Gasteiger partial charge in [0.05, 0.1) is 0 Å². The average molecular weight is 366 g/mol. The van der Waals surface area contributed by atoms with Gasteiger partial charge in [0.15, 0.2) is 0 Å². The summed E-state index contributed by atoms with van der Waals surface area (Å²) in [7, 11) is 0. The maximum atomic E-state index is 5.65. The van der Waals surface area contributed by atoms with Crippen molar-refractivity contribution < 1.29 is 8.83 Å². The van der Waals surface area contributed by atoms with Crippen LogP contribution in [0.3, 0.4) is 0 Å². The summed E-state index contributed by atoms with van der Waals surface area (Å²) < 4.78 is 11.3. The minimum Gasteiger partial charge on any atom is -0.456 e. The molecule has 2 nitrogen and oxygen atoms in total. The summed E-state index contributed by atoms with van der Waals surface area (Å²) in [6.07, 6.45) is 0.